The predicted molar refractivity (Wildman–Crippen MR) is 84.1 cm³/mol. The summed E-state index contributed by atoms with van der Waals surface area (Å²) in [4.78, 5) is 0. The maximum absolute atomic E-state index is 14.1. The van der Waals surface area contributed by atoms with E-state index in [-0.39, 0.29) is 24.4 Å². The van der Waals surface area contributed by atoms with Gasteiger partial charge in [-0.1, -0.05) is 26.8 Å². The predicted octanol–water partition coefficient (Wildman–Crippen LogP) is 3.67. The molecule has 2 atom stereocenters. The molecule has 0 saturated heterocycles. The molecule has 0 aliphatic heterocycles. The molecule has 4 heteroatoms. The zero-order chi connectivity index (χ0) is 16.0. The minimum absolute atomic E-state index is 0.0298. The zero-order valence-corrected chi connectivity index (χ0v) is 13.7. The van der Waals surface area contributed by atoms with Crippen molar-refractivity contribution in [3.8, 4) is 5.75 Å². The van der Waals surface area contributed by atoms with Gasteiger partial charge in [0.15, 0.2) is 0 Å². The van der Waals surface area contributed by atoms with E-state index >= 15 is 0 Å². The van der Waals surface area contributed by atoms with Crippen LogP contribution in [-0.4, -0.2) is 23.9 Å². The molecule has 2 unspecified atom stereocenters. The van der Waals surface area contributed by atoms with Gasteiger partial charge in [-0.3, -0.25) is 0 Å². The summed E-state index contributed by atoms with van der Waals surface area (Å²) in [6.45, 7) is 10.6. The van der Waals surface area contributed by atoms with Crippen LogP contribution in [0, 0.1) is 11.7 Å². The van der Waals surface area contributed by atoms with Crippen LogP contribution in [0.25, 0.3) is 0 Å². The highest BCUT2D eigenvalue weighted by atomic mass is 19.1. The van der Waals surface area contributed by atoms with Crippen LogP contribution in [0.5, 0.6) is 5.75 Å². The van der Waals surface area contributed by atoms with Crippen LogP contribution >= 0.6 is 0 Å². The quantitative estimate of drug-likeness (QED) is 0.769. The number of nitrogens with one attached hydrogen (secondary N) is 1. The molecule has 0 heterocycles. The van der Waals surface area contributed by atoms with Crippen LogP contribution in [0.2, 0.25) is 0 Å². The van der Waals surface area contributed by atoms with Crippen molar-refractivity contribution in [3.05, 3.63) is 29.6 Å². The summed E-state index contributed by atoms with van der Waals surface area (Å²) < 4.78 is 19.6. The van der Waals surface area contributed by atoms with E-state index in [9.17, 15) is 9.50 Å². The minimum atomic E-state index is -0.925. The Morgan fingerprint density at radius 2 is 2.00 bits per heavy atom. The van der Waals surface area contributed by atoms with E-state index in [1.165, 1.54) is 6.07 Å². The molecule has 0 aliphatic carbocycles. The SMILES string of the molecule is CCCNC(C)c1ccc(OCC(C)(O)C(C)C)cc1F. The van der Waals surface area contributed by atoms with E-state index in [2.05, 4.69) is 12.2 Å². The molecular formula is C17H28FNO2. The topological polar surface area (TPSA) is 41.5 Å². The van der Waals surface area contributed by atoms with Gasteiger partial charge in [-0.25, -0.2) is 4.39 Å². The van der Waals surface area contributed by atoms with Crippen molar-refractivity contribution < 1.29 is 14.2 Å². The Kier molecular flexibility index (Phi) is 6.62. The molecule has 1 aromatic rings. The second-order valence-electron chi connectivity index (χ2n) is 6.16. The van der Waals surface area contributed by atoms with Gasteiger partial charge in [0.25, 0.3) is 0 Å². The van der Waals surface area contributed by atoms with Crippen molar-refractivity contribution in [2.24, 2.45) is 5.92 Å². The Bertz CT molecular complexity index is 446. The van der Waals surface area contributed by atoms with E-state index in [1.54, 1.807) is 19.1 Å². The fraction of sp³-hybridized carbons (Fsp3) is 0.647. The first-order valence-corrected chi connectivity index (χ1v) is 7.66. The summed E-state index contributed by atoms with van der Waals surface area (Å²) in [6, 6.07) is 4.84. The van der Waals surface area contributed by atoms with Crippen molar-refractivity contribution in [2.45, 2.75) is 52.7 Å². The molecule has 1 aromatic carbocycles. The lowest BCUT2D eigenvalue weighted by Crippen LogP contribution is -2.37. The fourth-order valence-corrected chi connectivity index (χ4v) is 1.82. The molecule has 3 nitrogen and oxygen atoms in total. The second kappa shape index (κ2) is 7.76. The summed E-state index contributed by atoms with van der Waals surface area (Å²) in [5.74, 6) is 0.229. The van der Waals surface area contributed by atoms with Crippen molar-refractivity contribution >= 4 is 0 Å². The molecule has 0 bridgehead atoms. The molecule has 0 saturated carbocycles. The first-order chi connectivity index (χ1) is 9.77. The van der Waals surface area contributed by atoms with E-state index in [1.807, 2.05) is 20.8 Å². The van der Waals surface area contributed by atoms with Crippen LogP contribution in [0.1, 0.15) is 52.6 Å². The van der Waals surface area contributed by atoms with E-state index < -0.39 is 5.60 Å². The summed E-state index contributed by atoms with van der Waals surface area (Å²) in [6.07, 6.45) is 1.01. The number of rotatable bonds is 8. The van der Waals surface area contributed by atoms with Crippen molar-refractivity contribution in [1.29, 1.82) is 0 Å². The van der Waals surface area contributed by atoms with E-state index in [0.29, 0.717) is 11.3 Å². The summed E-state index contributed by atoms with van der Waals surface area (Å²) in [5.41, 5.74) is -0.295. The second-order valence-corrected chi connectivity index (χ2v) is 6.16. The Labute approximate surface area is 127 Å². The van der Waals surface area contributed by atoms with Crippen molar-refractivity contribution in [2.75, 3.05) is 13.2 Å². The van der Waals surface area contributed by atoms with Crippen LogP contribution in [0.15, 0.2) is 18.2 Å². The molecule has 1 rings (SSSR count). The third-order valence-corrected chi connectivity index (χ3v) is 3.91. The molecule has 0 aliphatic rings. The lowest BCUT2D eigenvalue weighted by Gasteiger charge is -2.27. The minimum Gasteiger partial charge on any atom is -0.490 e. The third kappa shape index (κ3) is 5.29. The normalized spacial score (nSPS) is 15.8. The monoisotopic (exact) mass is 297 g/mol. The molecule has 2 N–H and O–H groups in total. The Morgan fingerprint density at radius 3 is 2.52 bits per heavy atom. The molecule has 0 radical (unpaired) electrons. The Balaban J connectivity index is 2.70. The van der Waals surface area contributed by atoms with Gasteiger partial charge in [0.1, 0.15) is 18.2 Å². The number of aliphatic hydroxyl groups is 1. The van der Waals surface area contributed by atoms with Gasteiger partial charge < -0.3 is 15.2 Å². The van der Waals surface area contributed by atoms with Crippen LogP contribution in [0.4, 0.5) is 4.39 Å². The van der Waals surface area contributed by atoms with Gasteiger partial charge in [-0.05, 0) is 38.8 Å². The number of halogens is 1. The van der Waals surface area contributed by atoms with Gasteiger partial charge in [-0.15, -0.1) is 0 Å². The van der Waals surface area contributed by atoms with Crippen molar-refractivity contribution in [3.63, 3.8) is 0 Å². The largest absolute Gasteiger partial charge is 0.490 e. The van der Waals surface area contributed by atoms with Crippen LogP contribution < -0.4 is 10.1 Å². The lowest BCUT2D eigenvalue weighted by atomic mass is 9.94. The highest BCUT2D eigenvalue weighted by molar-refractivity contribution is 5.30. The molecule has 0 aromatic heterocycles. The zero-order valence-electron chi connectivity index (χ0n) is 13.7. The third-order valence-electron chi connectivity index (χ3n) is 3.91. The Morgan fingerprint density at radius 1 is 1.33 bits per heavy atom. The molecular weight excluding hydrogens is 269 g/mol. The summed E-state index contributed by atoms with van der Waals surface area (Å²) >= 11 is 0. The molecule has 21 heavy (non-hydrogen) atoms. The number of benzene rings is 1. The van der Waals surface area contributed by atoms with Gasteiger partial charge >= 0.3 is 0 Å². The lowest BCUT2D eigenvalue weighted by molar-refractivity contribution is -0.0267. The number of ether oxygens (including phenoxy) is 1. The van der Waals surface area contributed by atoms with Gasteiger partial charge in [0.05, 0.1) is 5.60 Å². The summed E-state index contributed by atoms with van der Waals surface area (Å²) in [7, 11) is 0. The van der Waals surface area contributed by atoms with Crippen LogP contribution in [0.3, 0.4) is 0 Å². The standard InChI is InChI=1S/C17H28FNO2/c1-6-9-19-13(4)15-8-7-14(10-16(15)18)21-11-17(5,20)12(2)3/h7-8,10,12-13,19-20H,6,9,11H2,1-5H3. The molecule has 0 fully saturated rings. The molecule has 120 valence electrons. The smallest absolute Gasteiger partial charge is 0.131 e. The fourth-order valence-electron chi connectivity index (χ4n) is 1.82. The van der Waals surface area contributed by atoms with Gasteiger partial charge in [0, 0.05) is 17.7 Å². The average molecular weight is 297 g/mol. The van der Waals surface area contributed by atoms with E-state index in [4.69, 9.17) is 4.74 Å². The average Bonchev–Trinajstić information content (AvgIpc) is 2.42. The first-order valence-electron chi connectivity index (χ1n) is 7.66. The molecule has 0 amide bonds. The van der Waals surface area contributed by atoms with Crippen LogP contribution in [-0.2, 0) is 0 Å². The first kappa shape index (κ1) is 17.9. The maximum Gasteiger partial charge on any atom is 0.131 e. The summed E-state index contributed by atoms with van der Waals surface area (Å²) in [5, 5.41) is 13.4. The van der Waals surface area contributed by atoms with Gasteiger partial charge in [0.2, 0.25) is 0 Å². The van der Waals surface area contributed by atoms with E-state index in [0.717, 1.165) is 13.0 Å². The highest BCUT2D eigenvalue weighted by Crippen LogP contribution is 2.24. The number of hydrogen-bond donors (Lipinski definition) is 2. The maximum atomic E-state index is 14.1. The highest BCUT2D eigenvalue weighted by Gasteiger charge is 2.26. The molecule has 0 spiro atoms. The number of hydrogen-bond acceptors (Lipinski definition) is 3. The Hall–Kier alpha value is -1.13. The van der Waals surface area contributed by atoms with Gasteiger partial charge in [-0.2, -0.15) is 0 Å². The van der Waals surface area contributed by atoms with Crippen molar-refractivity contribution in [1.82, 2.24) is 5.32 Å².